The molecule has 0 rings (SSSR count). The van der Waals surface area contributed by atoms with Gasteiger partial charge < -0.3 is 47.8 Å². The van der Waals surface area contributed by atoms with E-state index in [1.165, 1.54) is 0 Å². The van der Waals surface area contributed by atoms with Crippen molar-refractivity contribution in [3.05, 3.63) is 0 Å². The Bertz CT molecular complexity index is 616. The van der Waals surface area contributed by atoms with Gasteiger partial charge in [0, 0.05) is 0 Å². The Labute approximate surface area is 172 Å². The van der Waals surface area contributed by atoms with E-state index in [1.54, 1.807) is 0 Å². The number of nitrogens with two attached hydrogens (primary N) is 2. The van der Waals surface area contributed by atoms with Crippen molar-refractivity contribution in [3.63, 3.8) is 0 Å². The fourth-order valence-electron chi connectivity index (χ4n) is 2.23. The fraction of sp³-hybridized carbons (Fsp3) is 0.688. The summed E-state index contributed by atoms with van der Waals surface area (Å²) >= 11 is 0. The first-order chi connectivity index (χ1) is 14.1. The first kappa shape index (κ1) is 27.2. The van der Waals surface area contributed by atoms with E-state index in [2.05, 4.69) is 5.32 Å². The Hall–Kier alpha value is -2.81. The average molecular weight is 435 g/mol. The SMILES string of the molecule is NCCCCC(N)C(=O)NC(CO)C(=O)NC(CC(=O)O)C(=O)NC(CO)C(=O)O. The zero-order chi connectivity index (χ0) is 23.3. The number of nitrogens with one attached hydrogen (secondary N) is 3. The van der Waals surface area contributed by atoms with E-state index < -0.39 is 73.5 Å². The number of carboxylic acids is 2. The van der Waals surface area contributed by atoms with Gasteiger partial charge in [0.2, 0.25) is 17.7 Å². The van der Waals surface area contributed by atoms with Crippen molar-refractivity contribution >= 4 is 29.7 Å². The number of carboxylic acid groups (broad SMARTS) is 2. The van der Waals surface area contributed by atoms with Gasteiger partial charge in [-0.3, -0.25) is 19.2 Å². The van der Waals surface area contributed by atoms with Crippen LogP contribution in [0.5, 0.6) is 0 Å². The molecule has 0 aromatic carbocycles. The molecule has 0 aliphatic heterocycles. The zero-order valence-corrected chi connectivity index (χ0v) is 16.2. The number of hydrogen-bond acceptors (Lipinski definition) is 9. The molecular weight excluding hydrogens is 406 g/mol. The Morgan fingerprint density at radius 2 is 1.27 bits per heavy atom. The van der Waals surface area contributed by atoms with Gasteiger partial charge in [-0.25, -0.2) is 4.79 Å². The third-order valence-electron chi connectivity index (χ3n) is 3.93. The molecule has 4 unspecified atom stereocenters. The smallest absolute Gasteiger partial charge is 0.328 e. The number of aliphatic hydroxyl groups excluding tert-OH is 2. The lowest BCUT2D eigenvalue weighted by Gasteiger charge is -2.23. The van der Waals surface area contributed by atoms with Gasteiger partial charge in [0.05, 0.1) is 25.7 Å². The maximum atomic E-state index is 12.3. The van der Waals surface area contributed by atoms with Gasteiger partial charge in [0.25, 0.3) is 0 Å². The first-order valence-corrected chi connectivity index (χ1v) is 9.10. The highest BCUT2D eigenvalue weighted by molar-refractivity contribution is 5.95. The zero-order valence-electron chi connectivity index (χ0n) is 16.2. The van der Waals surface area contributed by atoms with Crippen LogP contribution in [0.25, 0.3) is 0 Å². The molecule has 0 aliphatic rings. The Balaban J connectivity index is 5.08. The van der Waals surface area contributed by atoms with Crippen LogP contribution >= 0.6 is 0 Å². The van der Waals surface area contributed by atoms with E-state index in [9.17, 15) is 29.1 Å². The minimum atomic E-state index is -1.73. The van der Waals surface area contributed by atoms with E-state index in [-0.39, 0.29) is 6.42 Å². The fourth-order valence-corrected chi connectivity index (χ4v) is 2.23. The predicted molar refractivity (Wildman–Crippen MR) is 101 cm³/mol. The van der Waals surface area contributed by atoms with Crippen LogP contribution in [0.2, 0.25) is 0 Å². The van der Waals surface area contributed by atoms with E-state index >= 15 is 0 Å². The lowest BCUT2D eigenvalue weighted by atomic mass is 10.1. The van der Waals surface area contributed by atoms with E-state index in [0.29, 0.717) is 19.4 Å². The average Bonchev–Trinajstić information content (AvgIpc) is 2.68. The highest BCUT2D eigenvalue weighted by atomic mass is 16.4. The van der Waals surface area contributed by atoms with Crippen molar-refractivity contribution in [1.82, 2.24) is 16.0 Å². The van der Waals surface area contributed by atoms with Crippen molar-refractivity contribution in [2.24, 2.45) is 11.5 Å². The highest BCUT2D eigenvalue weighted by Crippen LogP contribution is 2.00. The van der Waals surface area contributed by atoms with Crippen molar-refractivity contribution in [1.29, 1.82) is 0 Å². The van der Waals surface area contributed by atoms with E-state index in [0.717, 1.165) is 0 Å². The van der Waals surface area contributed by atoms with Crippen LogP contribution in [0.3, 0.4) is 0 Å². The molecule has 0 aliphatic carbocycles. The molecule has 0 fully saturated rings. The first-order valence-electron chi connectivity index (χ1n) is 9.10. The quantitative estimate of drug-likeness (QED) is 0.111. The molecule has 172 valence electrons. The molecule has 0 radical (unpaired) electrons. The molecule has 3 amide bonds. The summed E-state index contributed by atoms with van der Waals surface area (Å²) in [5.41, 5.74) is 11.0. The molecule has 0 aromatic rings. The largest absolute Gasteiger partial charge is 0.481 e. The molecule has 4 atom stereocenters. The number of aliphatic hydroxyl groups is 2. The van der Waals surface area contributed by atoms with Crippen molar-refractivity contribution in [2.75, 3.05) is 19.8 Å². The molecule has 14 nitrogen and oxygen atoms in total. The third-order valence-corrected chi connectivity index (χ3v) is 3.93. The van der Waals surface area contributed by atoms with E-state index in [4.69, 9.17) is 26.8 Å². The number of carbonyl (C=O) groups excluding carboxylic acids is 3. The van der Waals surface area contributed by atoms with Gasteiger partial charge >= 0.3 is 11.9 Å². The summed E-state index contributed by atoms with van der Waals surface area (Å²) in [5, 5.41) is 42.2. The summed E-state index contributed by atoms with van der Waals surface area (Å²) in [5.74, 6) is -6.08. The molecule has 0 spiro atoms. The van der Waals surface area contributed by atoms with Gasteiger partial charge in [-0.2, -0.15) is 0 Å². The van der Waals surface area contributed by atoms with Gasteiger partial charge in [0.1, 0.15) is 18.1 Å². The standard InChI is InChI=1S/C16H29N5O9/c17-4-2-1-3-8(18)13(26)20-10(6-22)15(28)19-9(5-12(24)25)14(27)21-11(7-23)16(29)30/h8-11,22-23H,1-7,17-18H2,(H,19,28)(H,20,26)(H,21,27)(H,24,25)(H,29,30). The van der Waals surface area contributed by atoms with Crippen molar-refractivity contribution in [3.8, 4) is 0 Å². The van der Waals surface area contributed by atoms with Gasteiger partial charge in [0.15, 0.2) is 0 Å². The summed E-state index contributed by atoms with van der Waals surface area (Å²) in [6.07, 6.45) is 0.574. The van der Waals surface area contributed by atoms with Gasteiger partial charge in [-0.1, -0.05) is 6.42 Å². The molecular formula is C16H29N5O9. The molecule has 0 saturated carbocycles. The number of carbonyl (C=O) groups is 5. The maximum Gasteiger partial charge on any atom is 0.328 e. The van der Waals surface area contributed by atoms with Gasteiger partial charge in [-0.15, -0.1) is 0 Å². The molecule has 0 heterocycles. The summed E-state index contributed by atoms with van der Waals surface area (Å²) in [4.78, 5) is 58.3. The highest BCUT2D eigenvalue weighted by Gasteiger charge is 2.31. The van der Waals surface area contributed by atoms with Crippen LogP contribution in [0.4, 0.5) is 0 Å². The summed E-state index contributed by atoms with van der Waals surface area (Å²) < 4.78 is 0. The molecule has 11 N–H and O–H groups in total. The number of unbranched alkanes of at least 4 members (excludes halogenated alkanes) is 1. The molecule has 30 heavy (non-hydrogen) atoms. The topological polar surface area (TPSA) is 254 Å². The lowest BCUT2D eigenvalue weighted by Crippen LogP contribution is -2.58. The predicted octanol–water partition coefficient (Wildman–Crippen LogP) is -4.56. The van der Waals surface area contributed by atoms with Crippen LogP contribution in [0, 0.1) is 0 Å². The van der Waals surface area contributed by atoms with Crippen LogP contribution in [-0.2, 0) is 24.0 Å². The molecule has 0 aromatic heterocycles. The lowest BCUT2D eigenvalue weighted by molar-refractivity contribution is -0.144. The molecule has 0 bridgehead atoms. The Kier molecular flexibility index (Phi) is 12.9. The van der Waals surface area contributed by atoms with Gasteiger partial charge in [-0.05, 0) is 19.4 Å². The number of hydrogen-bond donors (Lipinski definition) is 9. The molecule has 0 saturated heterocycles. The summed E-state index contributed by atoms with van der Waals surface area (Å²) in [7, 11) is 0. The maximum absolute atomic E-state index is 12.3. The Morgan fingerprint density at radius 1 is 0.767 bits per heavy atom. The normalized spacial score (nSPS) is 14.7. The van der Waals surface area contributed by atoms with Crippen molar-refractivity contribution in [2.45, 2.75) is 49.9 Å². The summed E-state index contributed by atoms with van der Waals surface area (Å²) in [6.45, 7) is -1.42. The van der Waals surface area contributed by atoms with Crippen LogP contribution < -0.4 is 27.4 Å². The number of aliphatic carboxylic acids is 2. The van der Waals surface area contributed by atoms with E-state index in [1.807, 2.05) is 10.6 Å². The third kappa shape index (κ3) is 10.1. The van der Waals surface area contributed by atoms with Crippen LogP contribution in [0.15, 0.2) is 0 Å². The second kappa shape index (κ2) is 14.2. The number of amides is 3. The monoisotopic (exact) mass is 435 g/mol. The van der Waals surface area contributed by atoms with Crippen LogP contribution in [-0.4, -0.2) is 94.0 Å². The number of rotatable bonds is 15. The molecule has 14 heteroatoms. The second-order valence-corrected chi connectivity index (χ2v) is 6.38. The Morgan fingerprint density at radius 3 is 1.73 bits per heavy atom. The van der Waals surface area contributed by atoms with Crippen molar-refractivity contribution < 1.29 is 44.4 Å². The minimum Gasteiger partial charge on any atom is -0.481 e. The van der Waals surface area contributed by atoms with Crippen LogP contribution in [0.1, 0.15) is 25.7 Å². The minimum absolute atomic E-state index is 0.282. The summed E-state index contributed by atoms with van der Waals surface area (Å²) in [6, 6.07) is -5.95. The second-order valence-electron chi connectivity index (χ2n) is 6.38.